The van der Waals surface area contributed by atoms with Crippen molar-refractivity contribution in [2.45, 2.75) is 51.2 Å². The summed E-state index contributed by atoms with van der Waals surface area (Å²) in [6.45, 7) is 2.14. The fourth-order valence-corrected chi connectivity index (χ4v) is 4.45. The number of aromatic nitrogens is 2. The molecular weight excluding hydrogens is 447 g/mol. The molecular formula is C25H26F3N3O3. The maximum Gasteiger partial charge on any atom is 0.416 e. The molecule has 1 N–H and O–H groups in total. The quantitative estimate of drug-likeness (QED) is 0.523. The van der Waals surface area contributed by atoms with Gasteiger partial charge in [-0.25, -0.2) is 4.52 Å². The summed E-state index contributed by atoms with van der Waals surface area (Å²) < 4.78 is 45.3. The Morgan fingerprint density at radius 1 is 1.12 bits per heavy atom. The molecule has 1 amide bonds. The molecule has 0 saturated heterocycles. The van der Waals surface area contributed by atoms with Gasteiger partial charge in [0.1, 0.15) is 0 Å². The monoisotopic (exact) mass is 473 g/mol. The van der Waals surface area contributed by atoms with Gasteiger partial charge in [0.15, 0.2) is 0 Å². The Labute approximate surface area is 195 Å². The smallest absolute Gasteiger partial charge is 0.416 e. The van der Waals surface area contributed by atoms with Crippen molar-refractivity contribution in [2.75, 3.05) is 6.61 Å². The van der Waals surface area contributed by atoms with E-state index in [1.54, 1.807) is 23.7 Å². The number of esters is 1. The molecule has 0 spiro atoms. The van der Waals surface area contributed by atoms with E-state index < -0.39 is 11.7 Å². The van der Waals surface area contributed by atoms with Crippen molar-refractivity contribution >= 4 is 17.4 Å². The highest BCUT2D eigenvalue weighted by atomic mass is 19.4. The number of nitrogens with zero attached hydrogens (tertiary/aromatic N) is 2. The highest BCUT2D eigenvalue weighted by Crippen LogP contribution is 2.30. The minimum absolute atomic E-state index is 0.0461. The predicted molar refractivity (Wildman–Crippen MR) is 119 cm³/mol. The second-order valence-corrected chi connectivity index (χ2v) is 8.53. The molecule has 0 bridgehead atoms. The average molecular weight is 473 g/mol. The number of benzene rings is 1. The third kappa shape index (κ3) is 5.24. The lowest BCUT2D eigenvalue weighted by atomic mass is 9.86. The van der Waals surface area contributed by atoms with E-state index in [-0.39, 0.29) is 23.8 Å². The van der Waals surface area contributed by atoms with Gasteiger partial charge in [-0.2, -0.15) is 18.3 Å². The first kappa shape index (κ1) is 23.8. The average Bonchev–Trinajstić information content (AvgIpc) is 3.25. The molecule has 4 rings (SSSR count). The van der Waals surface area contributed by atoms with Crippen LogP contribution in [0.25, 0.3) is 5.52 Å². The Morgan fingerprint density at radius 2 is 1.82 bits per heavy atom. The van der Waals surface area contributed by atoms with Crippen molar-refractivity contribution in [3.63, 3.8) is 0 Å². The number of rotatable bonds is 6. The summed E-state index contributed by atoms with van der Waals surface area (Å²) in [6, 6.07) is 8.61. The molecule has 1 saturated carbocycles. The lowest BCUT2D eigenvalue weighted by molar-refractivity contribution is -0.149. The van der Waals surface area contributed by atoms with Gasteiger partial charge in [-0.15, -0.1) is 0 Å². The zero-order chi connectivity index (χ0) is 24.3. The van der Waals surface area contributed by atoms with E-state index in [0.29, 0.717) is 55.4 Å². The fraction of sp³-hybridized carbons (Fsp3) is 0.400. The molecule has 6 nitrogen and oxygen atoms in total. The van der Waals surface area contributed by atoms with Crippen LogP contribution in [0, 0.1) is 5.92 Å². The lowest BCUT2D eigenvalue weighted by Crippen LogP contribution is -2.39. The number of carbonyl (C=O) groups excluding carboxylic acids is 2. The van der Waals surface area contributed by atoms with Crippen LogP contribution in [0.1, 0.15) is 59.7 Å². The van der Waals surface area contributed by atoms with Crippen LogP contribution in [0.2, 0.25) is 0 Å². The third-order valence-corrected chi connectivity index (χ3v) is 6.23. The topological polar surface area (TPSA) is 72.7 Å². The van der Waals surface area contributed by atoms with Gasteiger partial charge < -0.3 is 10.1 Å². The number of carbonyl (C=O) groups is 2. The van der Waals surface area contributed by atoms with Gasteiger partial charge in [-0.05, 0) is 68.4 Å². The number of hydrogen-bond donors (Lipinski definition) is 1. The molecule has 9 heteroatoms. The molecule has 0 aliphatic heterocycles. The van der Waals surface area contributed by atoms with Gasteiger partial charge in [0.05, 0.1) is 35.4 Å². The highest BCUT2D eigenvalue weighted by Gasteiger charge is 2.30. The van der Waals surface area contributed by atoms with E-state index >= 15 is 0 Å². The van der Waals surface area contributed by atoms with Gasteiger partial charge in [0, 0.05) is 12.2 Å². The number of pyridine rings is 1. The van der Waals surface area contributed by atoms with E-state index in [1.165, 1.54) is 18.3 Å². The number of nitrogens with one attached hydrogen (secondary N) is 1. The SMILES string of the molecule is CCOC(=O)C1CCC(NC(=O)c2cnn3cccc(Cc4ccc(C(F)(F)F)cc4)c23)CC1. The Morgan fingerprint density at radius 3 is 2.47 bits per heavy atom. The Kier molecular flexibility index (Phi) is 6.90. The normalized spacial score (nSPS) is 18.6. The largest absolute Gasteiger partial charge is 0.466 e. The van der Waals surface area contributed by atoms with Crippen molar-refractivity contribution in [3.05, 3.63) is 71.0 Å². The summed E-state index contributed by atoms with van der Waals surface area (Å²) in [5.74, 6) is -0.558. The van der Waals surface area contributed by atoms with Gasteiger partial charge >= 0.3 is 12.1 Å². The molecule has 1 aliphatic carbocycles. The first-order chi connectivity index (χ1) is 16.3. The molecule has 1 aromatic carbocycles. The second-order valence-electron chi connectivity index (χ2n) is 8.53. The summed E-state index contributed by atoms with van der Waals surface area (Å²) in [5, 5.41) is 7.33. The molecule has 3 aromatic rings. The van der Waals surface area contributed by atoms with Crippen LogP contribution in [-0.2, 0) is 22.1 Å². The maximum absolute atomic E-state index is 13.1. The van der Waals surface area contributed by atoms with Crippen LogP contribution < -0.4 is 5.32 Å². The minimum atomic E-state index is -4.38. The number of amides is 1. The number of halogens is 3. The maximum atomic E-state index is 13.1. The number of ether oxygens (including phenoxy) is 1. The summed E-state index contributed by atoms with van der Waals surface area (Å²) in [7, 11) is 0. The molecule has 180 valence electrons. The Bertz CT molecular complexity index is 1160. The van der Waals surface area contributed by atoms with Crippen molar-refractivity contribution in [1.82, 2.24) is 14.9 Å². The summed E-state index contributed by atoms with van der Waals surface area (Å²) in [4.78, 5) is 25.0. The van der Waals surface area contributed by atoms with Crippen LogP contribution in [0.15, 0.2) is 48.8 Å². The van der Waals surface area contributed by atoms with Crippen LogP contribution in [0.4, 0.5) is 13.2 Å². The van der Waals surface area contributed by atoms with Gasteiger partial charge in [0.2, 0.25) is 0 Å². The van der Waals surface area contributed by atoms with Crippen LogP contribution in [0.3, 0.4) is 0 Å². The third-order valence-electron chi connectivity index (χ3n) is 6.23. The second kappa shape index (κ2) is 9.87. The lowest BCUT2D eigenvalue weighted by Gasteiger charge is -2.27. The van der Waals surface area contributed by atoms with Crippen molar-refractivity contribution < 1.29 is 27.5 Å². The molecule has 2 aromatic heterocycles. The van der Waals surface area contributed by atoms with Gasteiger partial charge in [0.25, 0.3) is 5.91 Å². The molecule has 2 heterocycles. The molecule has 1 fully saturated rings. The predicted octanol–water partition coefficient (Wildman–Crippen LogP) is 4.80. The van der Waals surface area contributed by atoms with Crippen LogP contribution in [-0.4, -0.2) is 34.1 Å². The summed E-state index contributed by atoms with van der Waals surface area (Å²) in [5.41, 5.74) is 1.83. The zero-order valence-electron chi connectivity index (χ0n) is 18.8. The Hall–Kier alpha value is -3.36. The standard InChI is InChI=1S/C25H26F3N3O3/c1-2-34-24(33)17-7-11-20(12-8-17)30-23(32)21-15-29-31-13-3-4-18(22(21)31)14-16-5-9-19(10-6-16)25(26,27)28/h3-6,9-10,13,15,17,20H,2,7-8,11-12,14H2,1H3,(H,30,32). The van der Waals surface area contributed by atoms with Crippen molar-refractivity contribution in [2.24, 2.45) is 5.92 Å². The van der Waals surface area contributed by atoms with E-state index in [1.807, 2.05) is 6.07 Å². The molecule has 0 radical (unpaired) electrons. The molecule has 0 unspecified atom stereocenters. The van der Waals surface area contributed by atoms with E-state index in [9.17, 15) is 22.8 Å². The first-order valence-corrected chi connectivity index (χ1v) is 11.3. The van der Waals surface area contributed by atoms with Crippen molar-refractivity contribution in [3.8, 4) is 0 Å². The number of hydrogen-bond acceptors (Lipinski definition) is 4. The Balaban J connectivity index is 1.48. The van der Waals surface area contributed by atoms with Crippen LogP contribution in [0.5, 0.6) is 0 Å². The summed E-state index contributed by atoms with van der Waals surface area (Å²) in [6.07, 6.45) is 1.91. The molecule has 34 heavy (non-hydrogen) atoms. The zero-order valence-corrected chi connectivity index (χ0v) is 18.8. The molecule has 1 aliphatic rings. The van der Waals surface area contributed by atoms with Crippen molar-refractivity contribution in [1.29, 1.82) is 0 Å². The number of fused-ring (bicyclic) bond motifs is 1. The number of alkyl halides is 3. The molecule has 0 atom stereocenters. The van der Waals surface area contributed by atoms with E-state index in [2.05, 4.69) is 10.4 Å². The fourth-order valence-electron chi connectivity index (χ4n) is 4.45. The van der Waals surface area contributed by atoms with Gasteiger partial charge in [-0.1, -0.05) is 18.2 Å². The van der Waals surface area contributed by atoms with E-state index in [4.69, 9.17) is 4.74 Å². The van der Waals surface area contributed by atoms with Gasteiger partial charge in [-0.3, -0.25) is 9.59 Å². The first-order valence-electron chi connectivity index (χ1n) is 11.3. The minimum Gasteiger partial charge on any atom is -0.466 e. The van der Waals surface area contributed by atoms with Crippen LogP contribution >= 0.6 is 0 Å². The highest BCUT2D eigenvalue weighted by molar-refractivity contribution is 6.01. The van der Waals surface area contributed by atoms with E-state index in [0.717, 1.165) is 17.7 Å². The summed E-state index contributed by atoms with van der Waals surface area (Å²) >= 11 is 0.